The molecule has 160 valence electrons. The molecular formula is C20H29FIN5O2. The van der Waals surface area contributed by atoms with E-state index in [0.717, 1.165) is 29.9 Å². The van der Waals surface area contributed by atoms with E-state index in [9.17, 15) is 9.18 Å². The van der Waals surface area contributed by atoms with Gasteiger partial charge in [0.25, 0.3) is 5.91 Å². The molecule has 0 aliphatic rings. The van der Waals surface area contributed by atoms with E-state index >= 15 is 0 Å². The van der Waals surface area contributed by atoms with E-state index < -0.39 is 11.7 Å². The number of carbonyl (C=O) groups is 1. The highest BCUT2D eigenvalue weighted by atomic mass is 127. The number of nitrogens with one attached hydrogen (secondary N) is 3. The first-order valence-electron chi connectivity index (χ1n) is 9.61. The zero-order chi connectivity index (χ0) is 20.4. The Morgan fingerprint density at radius 1 is 1.10 bits per heavy atom. The molecule has 0 atom stereocenters. The van der Waals surface area contributed by atoms with Crippen LogP contribution >= 0.6 is 24.0 Å². The van der Waals surface area contributed by atoms with E-state index in [0.29, 0.717) is 32.1 Å². The number of nitrogens with zero attached hydrogens (tertiary/aromatic N) is 2. The smallest absolute Gasteiger partial charge is 0.254 e. The van der Waals surface area contributed by atoms with Gasteiger partial charge in [-0.2, -0.15) is 0 Å². The largest absolute Gasteiger partial charge is 0.361 e. The topological polar surface area (TPSA) is 91.6 Å². The maximum Gasteiger partial charge on any atom is 0.254 e. The van der Waals surface area contributed by atoms with Gasteiger partial charge in [-0.25, -0.2) is 9.38 Å². The molecule has 29 heavy (non-hydrogen) atoms. The van der Waals surface area contributed by atoms with Crippen molar-refractivity contribution in [3.63, 3.8) is 0 Å². The number of hydrogen-bond donors (Lipinski definition) is 3. The van der Waals surface area contributed by atoms with Crippen molar-refractivity contribution in [2.45, 2.75) is 40.2 Å². The van der Waals surface area contributed by atoms with Crippen molar-refractivity contribution < 1.29 is 13.7 Å². The van der Waals surface area contributed by atoms with Gasteiger partial charge in [-0.1, -0.05) is 31.1 Å². The van der Waals surface area contributed by atoms with Crippen LogP contribution in [0.5, 0.6) is 0 Å². The van der Waals surface area contributed by atoms with Gasteiger partial charge in [0.1, 0.15) is 11.6 Å². The third-order valence-electron chi connectivity index (χ3n) is 4.17. The number of carbonyl (C=O) groups excluding carboxylic acids is 1. The third-order valence-corrected chi connectivity index (χ3v) is 4.17. The molecule has 1 aromatic heterocycles. The van der Waals surface area contributed by atoms with Crippen LogP contribution in [0.1, 0.15) is 48.1 Å². The van der Waals surface area contributed by atoms with Gasteiger partial charge in [-0.05, 0) is 25.5 Å². The molecule has 0 aliphatic heterocycles. The number of benzene rings is 1. The second kappa shape index (κ2) is 13.1. The monoisotopic (exact) mass is 517 g/mol. The number of aliphatic imine (C=N–C) groups is 1. The summed E-state index contributed by atoms with van der Waals surface area (Å²) >= 11 is 0. The summed E-state index contributed by atoms with van der Waals surface area (Å²) in [5.74, 6) is 0.517. The van der Waals surface area contributed by atoms with Crippen LogP contribution in [-0.2, 0) is 19.4 Å². The standard InChI is InChI=1S/C20H28FN5O2.HI/c1-4-17-15(18(5-2)28-26-17)13-25-20(22-6-3)24-12-11-23-19(27)14-9-7-8-10-16(14)21;/h7-10H,4-6,11-13H2,1-3H3,(H,23,27)(H2,22,24,25);1H. The third kappa shape index (κ3) is 7.30. The number of amides is 1. The van der Waals surface area contributed by atoms with Crippen LogP contribution in [0.15, 0.2) is 33.8 Å². The van der Waals surface area contributed by atoms with Gasteiger partial charge in [0.05, 0.1) is 17.8 Å². The first-order valence-corrected chi connectivity index (χ1v) is 9.61. The zero-order valence-corrected chi connectivity index (χ0v) is 19.4. The molecule has 0 radical (unpaired) electrons. The lowest BCUT2D eigenvalue weighted by molar-refractivity contribution is 0.0950. The maximum absolute atomic E-state index is 13.6. The predicted molar refractivity (Wildman–Crippen MR) is 122 cm³/mol. The quantitative estimate of drug-likeness (QED) is 0.206. The Hall–Kier alpha value is -2.17. The van der Waals surface area contributed by atoms with Crippen LogP contribution in [0.3, 0.4) is 0 Å². The van der Waals surface area contributed by atoms with E-state index in [1.165, 1.54) is 12.1 Å². The molecule has 9 heteroatoms. The Balaban J connectivity index is 0.00000420. The summed E-state index contributed by atoms with van der Waals surface area (Å²) in [6.45, 7) is 8.00. The Morgan fingerprint density at radius 2 is 1.83 bits per heavy atom. The molecule has 0 saturated heterocycles. The van der Waals surface area contributed by atoms with Crippen LogP contribution < -0.4 is 16.0 Å². The highest BCUT2D eigenvalue weighted by molar-refractivity contribution is 14.0. The van der Waals surface area contributed by atoms with Crippen molar-refractivity contribution in [2.75, 3.05) is 19.6 Å². The zero-order valence-electron chi connectivity index (χ0n) is 17.0. The Kier molecular flexibility index (Phi) is 11.3. The summed E-state index contributed by atoms with van der Waals surface area (Å²) in [5.41, 5.74) is 1.98. The predicted octanol–water partition coefficient (Wildman–Crippen LogP) is 3.04. The number of hydrogen-bond acceptors (Lipinski definition) is 4. The van der Waals surface area contributed by atoms with Crippen molar-refractivity contribution >= 4 is 35.8 Å². The Morgan fingerprint density at radius 3 is 2.48 bits per heavy atom. The summed E-state index contributed by atoms with van der Waals surface area (Å²) in [6.07, 6.45) is 1.56. The van der Waals surface area contributed by atoms with Crippen molar-refractivity contribution in [1.82, 2.24) is 21.1 Å². The summed E-state index contributed by atoms with van der Waals surface area (Å²) in [6, 6.07) is 5.91. The normalized spacial score (nSPS) is 11.0. The summed E-state index contributed by atoms with van der Waals surface area (Å²) in [4.78, 5) is 16.6. The average Bonchev–Trinajstić information content (AvgIpc) is 3.11. The second-order valence-corrected chi connectivity index (χ2v) is 6.10. The molecule has 0 fully saturated rings. The SMILES string of the molecule is CCNC(=NCc1c(CC)noc1CC)NCCNC(=O)c1ccccc1F.I. The second-order valence-electron chi connectivity index (χ2n) is 6.10. The fraction of sp³-hybridized carbons (Fsp3) is 0.450. The van der Waals surface area contributed by atoms with Crippen LogP contribution in [0.4, 0.5) is 4.39 Å². The maximum atomic E-state index is 13.6. The molecule has 0 bridgehead atoms. The highest BCUT2D eigenvalue weighted by Gasteiger charge is 2.13. The number of aromatic nitrogens is 1. The van der Waals surface area contributed by atoms with Crippen molar-refractivity contribution in [2.24, 2.45) is 4.99 Å². The molecular weight excluding hydrogens is 488 g/mol. The number of rotatable bonds is 9. The van der Waals surface area contributed by atoms with Crippen molar-refractivity contribution in [3.8, 4) is 0 Å². The lowest BCUT2D eigenvalue weighted by Crippen LogP contribution is -2.41. The minimum absolute atomic E-state index is 0. The molecule has 0 aliphatic carbocycles. The van der Waals surface area contributed by atoms with Crippen molar-refractivity contribution in [3.05, 3.63) is 52.7 Å². The van der Waals surface area contributed by atoms with Gasteiger partial charge in [0.15, 0.2) is 5.96 Å². The fourth-order valence-corrected chi connectivity index (χ4v) is 2.71. The molecule has 1 aromatic carbocycles. The minimum Gasteiger partial charge on any atom is -0.361 e. The molecule has 1 heterocycles. The Labute approximate surface area is 187 Å². The number of halogens is 2. The van der Waals surface area contributed by atoms with Crippen LogP contribution in [0, 0.1) is 5.82 Å². The molecule has 0 saturated carbocycles. The first kappa shape index (κ1) is 24.9. The van der Waals surface area contributed by atoms with E-state index in [1.807, 2.05) is 20.8 Å². The minimum atomic E-state index is -0.532. The Bertz CT molecular complexity index is 788. The summed E-state index contributed by atoms with van der Waals surface area (Å²) in [7, 11) is 0. The lowest BCUT2D eigenvalue weighted by Gasteiger charge is -2.12. The first-order chi connectivity index (χ1) is 13.6. The van der Waals surface area contributed by atoms with Gasteiger partial charge < -0.3 is 20.5 Å². The van der Waals surface area contributed by atoms with Crippen LogP contribution in [-0.4, -0.2) is 36.7 Å². The molecule has 1 amide bonds. The van der Waals surface area contributed by atoms with Gasteiger partial charge in [0.2, 0.25) is 0 Å². The molecule has 3 N–H and O–H groups in total. The summed E-state index contributed by atoms with van der Waals surface area (Å²) < 4.78 is 19.0. The average molecular weight is 517 g/mol. The van der Waals surface area contributed by atoms with Gasteiger partial charge in [-0.15, -0.1) is 24.0 Å². The van der Waals surface area contributed by atoms with E-state index in [-0.39, 0.29) is 29.5 Å². The number of aryl methyl sites for hydroxylation is 2. The van der Waals surface area contributed by atoms with E-state index in [4.69, 9.17) is 4.52 Å². The summed E-state index contributed by atoms with van der Waals surface area (Å²) in [5, 5.41) is 13.1. The fourth-order valence-electron chi connectivity index (χ4n) is 2.71. The highest BCUT2D eigenvalue weighted by Crippen LogP contribution is 2.16. The molecule has 2 rings (SSSR count). The van der Waals surface area contributed by atoms with E-state index in [2.05, 4.69) is 26.1 Å². The number of guanidine groups is 1. The van der Waals surface area contributed by atoms with Gasteiger partial charge in [0, 0.05) is 31.6 Å². The van der Waals surface area contributed by atoms with Crippen LogP contribution in [0.2, 0.25) is 0 Å². The van der Waals surface area contributed by atoms with Crippen molar-refractivity contribution in [1.29, 1.82) is 0 Å². The molecule has 7 nitrogen and oxygen atoms in total. The van der Waals surface area contributed by atoms with Gasteiger partial charge >= 0.3 is 0 Å². The van der Waals surface area contributed by atoms with Crippen LogP contribution in [0.25, 0.3) is 0 Å². The molecule has 2 aromatic rings. The molecule has 0 spiro atoms. The van der Waals surface area contributed by atoms with Gasteiger partial charge in [-0.3, -0.25) is 4.79 Å². The lowest BCUT2D eigenvalue weighted by atomic mass is 10.1. The van der Waals surface area contributed by atoms with E-state index in [1.54, 1.807) is 12.1 Å². The molecule has 0 unspecified atom stereocenters.